The number of hydrogen-bond donors (Lipinski definition) is 1. The molecule has 3 heterocycles. The Bertz CT molecular complexity index is 1280. The lowest BCUT2D eigenvalue weighted by atomic mass is 10.1. The summed E-state index contributed by atoms with van der Waals surface area (Å²) in [6, 6.07) is 3.83. The van der Waals surface area contributed by atoms with Crippen LogP contribution in [0.1, 0.15) is 34.7 Å². The zero-order chi connectivity index (χ0) is 23.6. The van der Waals surface area contributed by atoms with Gasteiger partial charge in [-0.05, 0) is 31.2 Å². The zero-order valence-electron chi connectivity index (χ0n) is 16.8. The molecule has 0 bridgehead atoms. The van der Waals surface area contributed by atoms with Gasteiger partial charge >= 0.3 is 6.18 Å². The molecule has 9 nitrogen and oxygen atoms in total. The van der Waals surface area contributed by atoms with E-state index in [1.165, 1.54) is 41.7 Å². The molecule has 1 N–H and O–H groups in total. The van der Waals surface area contributed by atoms with E-state index >= 15 is 0 Å². The monoisotopic (exact) mass is 518 g/mol. The van der Waals surface area contributed by atoms with E-state index < -0.39 is 23.7 Å². The minimum atomic E-state index is -4.60. The van der Waals surface area contributed by atoms with Gasteiger partial charge in [-0.3, -0.25) is 9.78 Å². The van der Waals surface area contributed by atoms with Crippen molar-refractivity contribution in [3.05, 3.63) is 76.7 Å². The van der Waals surface area contributed by atoms with E-state index in [9.17, 15) is 18.0 Å². The number of carbonyl (C=O) groups is 1. The van der Waals surface area contributed by atoms with Crippen molar-refractivity contribution < 1.29 is 18.0 Å². The third-order valence-corrected chi connectivity index (χ3v) is 4.85. The number of rotatable bonds is 5. The molecule has 168 valence electrons. The summed E-state index contributed by atoms with van der Waals surface area (Å²) in [7, 11) is 0. The maximum atomic E-state index is 13.1. The lowest BCUT2D eigenvalue weighted by Crippen LogP contribution is -2.29. The molecule has 0 aliphatic heterocycles. The zero-order valence-corrected chi connectivity index (χ0v) is 18.4. The molecule has 1 amide bonds. The third kappa shape index (κ3) is 5.03. The molecule has 1 unspecified atom stereocenters. The first kappa shape index (κ1) is 22.5. The molecular formula is C20H14BrF3N8O. The van der Waals surface area contributed by atoms with E-state index in [1.807, 2.05) is 0 Å². The summed E-state index contributed by atoms with van der Waals surface area (Å²) >= 11 is 3.02. The largest absolute Gasteiger partial charge is 0.416 e. The molecule has 0 saturated heterocycles. The lowest BCUT2D eigenvalue weighted by molar-refractivity contribution is -0.137. The summed E-state index contributed by atoms with van der Waals surface area (Å²) < 4.78 is 40.9. The summed E-state index contributed by atoms with van der Waals surface area (Å²) in [6.45, 7) is 1.62. The highest BCUT2D eigenvalue weighted by Gasteiger charge is 2.32. The molecule has 4 aromatic rings. The Labute approximate surface area is 193 Å². The van der Waals surface area contributed by atoms with E-state index in [4.69, 9.17) is 0 Å². The van der Waals surface area contributed by atoms with E-state index in [1.54, 1.807) is 13.0 Å². The molecule has 1 aromatic carbocycles. The van der Waals surface area contributed by atoms with Crippen LogP contribution in [-0.4, -0.2) is 40.6 Å². The SMILES string of the molecule is CC(NC(=O)c1cc(Br)cc(C(F)(F)F)c1)c1nc(-c2cnccn2)nn1-c1ncccn1. The van der Waals surface area contributed by atoms with E-state index in [-0.39, 0.29) is 27.6 Å². The molecule has 13 heteroatoms. The van der Waals surface area contributed by atoms with Crippen LogP contribution >= 0.6 is 15.9 Å². The number of hydrogen-bond acceptors (Lipinski definition) is 7. The van der Waals surface area contributed by atoms with Gasteiger partial charge in [-0.15, -0.1) is 5.10 Å². The van der Waals surface area contributed by atoms with Crippen LogP contribution in [0.5, 0.6) is 0 Å². The van der Waals surface area contributed by atoms with Crippen LogP contribution in [0.15, 0.2) is 59.7 Å². The molecule has 4 rings (SSSR count). The quantitative estimate of drug-likeness (QED) is 0.427. The molecule has 0 radical (unpaired) electrons. The number of aromatic nitrogens is 7. The average molecular weight is 519 g/mol. The first-order valence-electron chi connectivity index (χ1n) is 9.42. The third-order valence-electron chi connectivity index (χ3n) is 4.39. The van der Waals surface area contributed by atoms with Crippen molar-refractivity contribution >= 4 is 21.8 Å². The molecular weight excluding hydrogens is 505 g/mol. The van der Waals surface area contributed by atoms with Gasteiger partial charge in [0.25, 0.3) is 11.9 Å². The molecule has 33 heavy (non-hydrogen) atoms. The maximum Gasteiger partial charge on any atom is 0.416 e. The number of alkyl halides is 3. The highest BCUT2D eigenvalue weighted by Crippen LogP contribution is 2.32. The van der Waals surface area contributed by atoms with E-state index in [2.05, 4.69) is 51.3 Å². The predicted octanol–water partition coefficient (Wildman–Crippen LogP) is 3.79. The summed E-state index contributed by atoms with van der Waals surface area (Å²) in [4.78, 5) is 33.7. The van der Waals surface area contributed by atoms with Crippen LogP contribution in [-0.2, 0) is 6.18 Å². The summed E-state index contributed by atoms with van der Waals surface area (Å²) in [5, 5.41) is 7.03. The van der Waals surface area contributed by atoms with Crippen LogP contribution in [0.2, 0.25) is 0 Å². The van der Waals surface area contributed by atoms with Gasteiger partial charge in [-0.25, -0.2) is 19.9 Å². The van der Waals surface area contributed by atoms with Gasteiger partial charge in [0.1, 0.15) is 5.69 Å². The van der Waals surface area contributed by atoms with Gasteiger partial charge in [-0.1, -0.05) is 15.9 Å². The molecule has 1 atom stereocenters. The topological polar surface area (TPSA) is 111 Å². The maximum absolute atomic E-state index is 13.1. The second-order valence-corrected chi connectivity index (χ2v) is 7.68. The molecule has 0 saturated carbocycles. The molecule has 0 aliphatic carbocycles. The van der Waals surface area contributed by atoms with Gasteiger partial charge in [-0.2, -0.15) is 17.9 Å². The number of carbonyl (C=O) groups excluding carboxylic acids is 1. The van der Waals surface area contributed by atoms with Crippen molar-refractivity contribution in [3.63, 3.8) is 0 Å². The van der Waals surface area contributed by atoms with Gasteiger partial charge in [0, 0.05) is 34.8 Å². The summed E-state index contributed by atoms with van der Waals surface area (Å²) in [5.41, 5.74) is -0.728. The Kier molecular flexibility index (Phi) is 6.14. The summed E-state index contributed by atoms with van der Waals surface area (Å²) in [6.07, 6.45) is 2.88. The number of amides is 1. The van der Waals surface area contributed by atoms with Crippen LogP contribution in [0.4, 0.5) is 13.2 Å². The highest BCUT2D eigenvalue weighted by molar-refractivity contribution is 9.10. The predicted molar refractivity (Wildman–Crippen MR) is 113 cm³/mol. The van der Waals surface area contributed by atoms with Crippen molar-refractivity contribution in [2.75, 3.05) is 0 Å². The minimum Gasteiger partial charge on any atom is -0.342 e. The number of halogens is 4. The number of benzene rings is 1. The van der Waals surface area contributed by atoms with Crippen molar-refractivity contribution in [3.8, 4) is 17.5 Å². The fourth-order valence-electron chi connectivity index (χ4n) is 2.90. The average Bonchev–Trinajstić information content (AvgIpc) is 3.25. The molecule has 0 fully saturated rings. The first-order chi connectivity index (χ1) is 15.7. The fraction of sp³-hybridized carbons (Fsp3) is 0.150. The van der Waals surface area contributed by atoms with Crippen LogP contribution in [0, 0.1) is 0 Å². The van der Waals surface area contributed by atoms with Crippen LogP contribution < -0.4 is 5.32 Å². The lowest BCUT2D eigenvalue weighted by Gasteiger charge is -2.15. The standard InChI is InChI=1S/C20H14BrF3N8O/c1-11(29-18(33)12-7-13(20(22,23)24)9-14(21)8-12)17-30-16(15-10-25-5-6-26-15)31-32(17)19-27-3-2-4-28-19/h2-11H,1H3,(H,29,33). The summed E-state index contributed by atoms with van der Waals surface area (Å²) in [5.74, 6) is -0.0633. The second kappa shape index (κ2) is 9.02. The molecule has 0 aliphatic rings. The second-order valence-electron chi connectivity index (χ2n) is 6.77. The first-order valence-corrected chi connectivity index (χ1v) is 10.2. The Hall–Kier alpha value is -3.74. The Morgan fingerprint density at radius 3 is 2.52 bits per heavy atom. The van der Waals surface area contributed by atoms with Crippen LogP contribution in [0.25, 0.3) is 17.5 Å². The Morgan fingerprint density at radius 2 is 1.85 bits per heavy atom. The highest BCUT2D eigenvalue weighted by atomic mass is 79.9. The van der Waals surface area contributed by atoms with E-state index in [0.717, 1.165) is 12.1 Å². The van der Waals surface area contributed by atoms with Gasteiger partial charge in [0.15, 0.2) is 5.82 Å². The molecule has 0 spiro atoms. The van der Waals surface area contributed by atoms with Crippen molar-refractivity contribution in [2.24, 2.45) is 0 Å². The smallest absolute Gasteiger partial charge is 0.342 e. The van der Waals surface area contributed by atoms with Gasteiger partial charge in [0.05, 0.1) is 17.8 Å². The van der Waals surface area contributed by atoms with Gasteiger partial charge in [0.2, 0.25) is 5.82 Å². The van der Waals surface area contributed by atoms with Gasteiger partial charge < -0.3 is 5.32 Å². The minimum absolute atomic E-state index is 0.126. The van der Waals surface area contributed by atoms with Crippen molar-refractivity contribution in [1.82, 2.24) is 40.0 Å². The molecule has 3 aromatic heterocycles. The van der Waals surface area contributed by atoms with E-state index in [0.29, 0.717) is 5.69 Å². The number of nitrogens with zero attached hydrogens (tertiary/aromatic N) is 7. The Morgan fingerprint density at radius 1 is 1.09 bits per heavy atom. The van der Waals surface area contributed by atoms with Crippen molar-refractivity contribution in [1.29, 1.82) is 0 Å². The normalized spacial score (nSPS) is 12.4. The number of nitrogens with one attached hydrogen (secondary N) is 1. The van der Waals surface area contributed by atoms with Crippen LogP contribution in [0.3, 0.4) is 0 Å². The van der Waals surface area contributed by atoms with Crippen molar-refractivity contribution in [2.45, 2.75) is 19.1 Å². The Balaban J connectivity index is 1.68. The fourth-order valence-corrected chi connectivity index (χ4v) is 3.40.